The maximum absolute atomic E-state index is 8.74. The van der Waals surface area contributed by atoms with Crippen LogP contribution in [0.5, 0.6) is 0 Å². The Morgan fingerprint density at radius 3 is 0.529 bits per heavy atom. The maximum Gasteiger partial charge on any atom is 1.00 e. The zero-order chi connectivity index (χ0) is 13.5. The van der Waals surface area contributed by atoms with Gasteiger partial charge < -0.3 is 1.43 Å². The second kappa shape index (κ2) is 12.2. The van der Waals surface area contributed by atoms with E-state index < -0.39 is 31.2 Å². The molecule has 17 heavy (non-hydrogen) atoms. The Hall–Kier alpha value is 1.13. The van der Waals surface area contributed by atoms with Gasteiger partial charge in [0.25, 0.3) is 0 Å². The molecule has 0 bridgehead atoms. The average molecular weight is 374 g/mol. The molecule has 0 aliphatic carbocycles. The summed E-state index contributed by atoms with van der Waals surface area (Å²) in [6.45, 7) is 0. The standard InChI is InChI=1S/Fe.Na.3H2O4S.H/c;;3*1-5(2,3)4;/h;;3*(H2,1,2,3,4);/q;+1;;;;-1. The van der Waals surface area contributed by atoms with Crippen molar-refractivity contribution in [1.82, 2.24) is 0 Å². The largest absolute Gasteiger partial charge is 1.00 e. The van der Waals surface area contributed by atoms with Crippen molar-refractivity contribution in [3.05, 3.63) is 0 Å². The molecule has 0 aliphatic heterocycles. The van der Waals surface area contributed by atoms with Crippen molar-refractivity contribution < 1.29 is 101 Å². The first kappa shape index (κ1) is 30.9. The van der Waals surface area contributed by atoms with Gasteiger partial charge in [-0.15, -0.1) is 0 Å². The van der Waals surface area contributed by atoms with E-state index in [9.17, 15) is 0 Å². The van der Waals surface area contributed by atoms with Crippen LogP contribution in [0, 0.1) is 0 Å². The number of hydrogen-bond acceptors (Lipinski definition) is 6. The average Bonchev–Trinajstić information content (AvgIpc) is 1.41. The van der Waals surface area contributed by atoms with Crippen LogP contribution in [0.1, 0.15) is 1.43 Å². The summed E-state index contributed by atoms with van der Waals surface area (Å²) in [5.74, 6) is 0. The Balaban J connectivity index is -0.0000000277. The molecule has 0 fully saturated rings. The molecular formula is H7FeNaO12S3. The van der Waals surface area contributed by atoms with Gasteiger partial charge in [-0.05, 0) is 0 Å². The Labute approximate surface area is 131 Å². The van der Waals surface area contributed by atoms with Crippen LogP contribution >= 0.6 is 0 Å². The molecule has 0 aromatic rings. The fraction of sp³-hybridized carbons (Fsp3) is 0. The van der Waals surface area contributed by atoms with Gasteiger partial charge in [-0.2, -0.15) is 25.3 Å². The van der Waals surface area contributed by atoms with Crippen molar-refractivity contribution in [2.24, 2.45) is 0 Å². The van der Waals surface area contributed by atoms with E-state index in [1.807, 2.05) is 0 Å². The zero-order valence-corrected chi connectivity index (χ0v) is 13.3. The molecule has 0 saturated heterocycles. The molecule has 0 amide bonds. The summed E-state index contributed by atoms with van der Waals surface area (Å²) in [6, 6.07) is 0. The molecule has 0 atom stereocenters. The Kier molecular flexibility index (Phi) is 22.1. The first-order valence-electron chi connectivity index (χ1n) is 2.10. The summed E-state index contributed by atoms with van der Waals surface area (Å²) in [5.41, 5.74) is 0. The van der Waals surface area contributed by atoms with Crippen LogP contribution in [0.15, 0.2) is 0 Å². The molecule has 17 heteroatoms. The SMILES string of the molecule is O=S(=O)(O)O.O=S(=O)(O)O.O=S(=O)(O)O.[Fe].[H-].[Na+]. The van der Waals surface area contributed by atoms with Gasteiger partial charge in [-0.1, -0.05) is 0 Å². The van der Waals surface area contributed by atoms with Crippen molar-refractivity contribution in [1.29, 1.82) is 0 Å². The van der Waals surface area contributed by atoms with Crippen LogP contribution in [0.25, 0.3) is 0 Å². The monoisotopic (exact) mass is 374 g/mol. The molecular weight excluding hydrogens is 367 g/mol. The van der Waals surface area contributed by atoms with E-state index in [1.165, 1.54) is 0 Å². The molecule has 106 valence electrons. The van der Waals surface area contributed by atoms with E-state index >= 15 is 0 Å². The first-order chi connectivity index (χ1) is 6.00. The molecule has 0 aliphatic rings. The van der Waals surface area contributed by atoms with E-state index in [0.717, 1.165) is 0 Å². The van der Waals surface area contributed by atoms with E-state index in [1.54, 1.807) is 0 Å². The minimum absolute atomic E-state index is 0. The Morgan fingerprint density at radius 1 is 0.529 bits per heavy atom. The Bertz CT molecular complexity index is 348. The molecule has 0 heterocycles. The maximum atomic E-state index is 8.74. The third-order valence-corrected chi connectivity index (χ3v) is 0. The van der Waals surface area contributed by atoms with Crippen molar-refractivity contribution in [3.63, 3.8) is 0 Å². The van der Waals surface area contributed by atoms with Crippen LogP contribution < -0.4 is 29.6 Å². The van der Waals surface area contributed by atoms with Gasteiger partial charge in [0.05, 0.1) is 0 Å². The summed E-state index contributed by atoms with van der Waals surface area (Å²) in [5, 5.41) is 0. The second-order valence-electron chi connectivity index (χ2n) is 1.34. The number of hydrogen-bond donors (Lipinski definition) is 6. The predicted molar refractivity (Wildman–Crippen MR) is 43.6 cm³/mol. The van der Waals surface area contributed by atoms with Crippen LogP contribution in [-0.2, 0) is 48.3 Å². The van der Waals surface area contributed by atoms with Crippen LogP contribution in [0.3, 0.4) is 0 Å². The minimum Gasteiger partial charge on any atom is -1.00 e. The second-order valence-corrected chi connectivity index (χ2v) is 4.03. The molecule has 0 radical (unpaired) electrons. The number of rotatable bonds is 0. The van der Waals surface area contributed by atoms with Crippen molar-refractivity contribution in [2.45, 2.75) is 0 Å². The first-order valence-corrected chi connectivity index (χ1v) is 6.29. The molecule has 0 saturated carbocycles. The molecule has 0 spiro atoms. The predicted octanol–water partition coefficient (Wildman–Crippen LogP) is -4.84. The van der Waals surface area contributed by atoms with E-state index in [4.69, 9.17) is 52.6 Å². The molecule has 0 aromatic heterocycles. The van der Waals surface area contributed by atoms with Crippen LogP contribution in [0.4, 0.5) is 0 Å². The van der Waals surface area contributed by atoms with Gasteiger partial charge in [0.1, 0.15) is 0 Å². The molecule has 12 nitrogen and oxygen atoms in total. The third kappa shape index (κ3) is 3070. The third-order valence-electron chi connectivity index (χ3n) is 0. The summed E-state index contributed by atoms with van der Waals surface area (Å²) < 4.78 is 94.8. The fourth-order valence-electron chi connectivity index (χ4n) is 0. The van der Waals surface area contributed by atoms with Gasteiger partial charge in [0.15, 0.2) is 0 Å². The molecule has 0 rings (SSSR count). The van der Waals surface area contributed by atoms with E-state index in [2.05, 4.69) is 0 Å². The minimum atomic E-state index is -4.67. The zero-order valence-electron chi connectivity index (χ0n) is 8.71. The topological polar surface area (TPSA) is 224 Å². The van der Waals surface area contributed by atoms with Gasteiger partial charge in [0.2, 0.25) is 0 Å². The normalized spacial score (nSPS) is 10.2. The summed E-state index contributed by atoms with van der Waals surface area (Å²) in [7, 11) is -14.0. The molecule has 0 unspecified atom stereocenters. The van der Waals surface area contributed by atoms with E-state index in [0.29, 0.717) is 0 Å². The van der Waals surface area contributed by atoms with Crippen LogP contribution in [0.2, 0.25) is 0 Å². The van der Waals surface area contributed by atoms with E-state index in [-0.39, 0.29) is 48.1 Å². The smallest absolute Gasteiger partial charge is 1.00 e. The summed E-state index contributed by atoms with van der Waals surface area (Å²) in [4.78, 5) is 0. The van der Waals surface area contributed by atoms with Crippen molar-refractivity contribution in [2.75, 3.05) is 0 Å². The van der Waals surface area contributed by atoms with Crippen molar-refractivity contribution in [3.8, 4) is 0 Å². The molecule has 6 N–H and O–H groups in total. The van der Waals surface area contributed by atoms with Gasteiger partial charge in [-0.25, -0.2) is 0 Å². The fourth-order valence-corrected chi connectivity index (χ4v) is 0. The van der Waals surface area contributed by atoms with Gasteiger partial charge >= 0.3 is 60.8 Å². The molecule has 0 aromatic carbocycles. The summed E-state index contributed by atoms with van der Waals surface area (Å²) in [6.07, 6.45) is 0. The van der Waals surface area contributed by atoms with Crippen molar-refractivity contribution >= 4 is 31.2 Å². The van der Waals surface area contributed by atoms with Gasteiger partial charge in [-0.3, -0.25) is 27.3 Å². The summed E-state index contributed by atoms with van der Waals surface area (Å²) >= 11 is 0. The van der Waals surface area contributed by atoms with Gasteiger partial charge in [0, 0.05) is 17.1 Å². The Morgan fingerprint density at radius 2 is 0.529 bits per heavy atom. The quantitative estimate of drug-likeness (QED) is 0.173. The van der Waals surface area contributed by atoms with Crippen LogP contribution in [-0.4, -0.2) is 52.6 Å².